The first-order chi connectivity index (χ1) is 13.8. The summed E-state index contributed by atoms with van der Waals surface area (Å²) < 4.78 is 34.4. The third-order valence-corrected chi connectivity index (χ3v) is 11.8. The lowest BCUT2D eigenvalue weighted by atomic mass is 9.97. The lowest BCUT2D eigenvalue weighted by molar-refractivity contribution is -0.150. The first kappa shape index (κ1) is 26.3. The molecular weight excluding hydrogens is 470 g/mol. The van der Waals surface area contributed by atoms with Gasteiger partial charge in [0.25, 0.3) is 0 Å². The summed E-state index contributed by atoms with van der Waals surface area (Å²) in [4.78, 5) is 26.2. The van der Waals surface area contributed by atoms with Crippen molar-refractivity contribution in [1.29, 1.82) is 0 Å². The van der Waals surface area contributed by atoms with Crippen molar-refractivity contribution in [2.75, 3.05) is 39.6 Å². The summed E-state index contributed by atoms with van der Waals surface area (Å²) >= 11 is 11.5. The van der Waals surface area contributed by atoms with E-state index in [1.165, 1.54) is 0 Å². The van der Waals surface area contributed by atoms with Crippen LogP contribution in [0.1, 0.15) is 41.5 Å². The SMILES string of the molecule is CCOC(=O)C(C(C(=O)OCC)P1(=S)OCC(C)(C)CO1)P1(=S)OCC(C)(C)CO1. The average molecular weight is 503 g/mol. The summed E-state index contributed by atoms with van der Waals surface area (Å²) in [6.07, 6.45) is 0. The molecule has 2 aliphatic heterocycles. The van der Waals surface area contributed by atoms with Crippen molar-refractivity contribution in [1.82, 2.24) is 0 Å². The van der Waals surface area contributed by atoms with Crippen LogP contribution in [-0.2, 0) is 60.8 Å². The van der Waals surface area contributed by atoms with Gasteiger partial charge in [-0.3, -0.25) is 9.59 Å². The summed E-state index contributed by atoms with van der Waals surface area (Å²) in [7, 11) is 0. The molecule has 2 heterocycles. The fourth-order valence-electron chi connectivity index (χ4n) is 2.86. The molecule has 0 amide bonds. The smallest absolute Gasteiger partial charge is 0.320 e. The zero-order valence-electron chi connectivity index (χ0n) is 18.4. The van der Waals surface area contributed by atoms with Crippen molar-refractivity contribution in [3.63, 3.8) is 0 Å². The molecule has 0 aromatic carbocycles. The van der Waals surface area contributed by atoms with Gasteiger partial charge in [-0.15, -0.1) is 0 Å². The fraction of sp³-hybridized carbons (Fsp3) is 0.889. The van der Waals surface area contributed by atoms with Gasteiger partial charge in [0.2, 0.25) is 13.0 Å². The number of ether oxygens (including phenoxy) is 2. The molecule has 0 saturated carbocycles. The summed E-state index contributed by atoms with van der Waals surface area (Å²) in [5.74, 6) is -1.42. The van der Waals surface area contributed by atoms with Crippen LogP contribution in [-0.4, -0.2) is 62.9 Å². The van der Waals surface area contributed by atoms with Gasteiger partial charge in [0, 0.05) is 10.8 Å². The second-order valence-electron chi connectivity index (χ2n) is 8.90. The van der Waals surface area contributed by atoms with Crippen molar-refractivity contribution < 1.29 is 37.2 Å². The molecule has 0 spiro atoms. The van der Waals surface area contributed by atoms with Crippen LogP contribution < -0.4 is 0 Å². The van der Waals surface area contributed by atoms with Crippen LogP contribution in [0.25, 0.3) is 0 Å². The van der Waals surface area contributed by atoms with Gasteiger partial charge in [-0.1, -0.05) is 27.7 Å². The minimum absolute atomic E-state index is 0.101. The fourth-order valence-corrected chi connectivity index (χ4v) is 10.8. The molecule has 0 aromatic heterocycles. The van der Waals surface area contributed by atoms with Crippen molar-refractivity contribution in [3.05, 3.63) is 0 Å². The number of carbonyl (C=O) groups excluding carboxylic acids is 2. The zero-order chi connectivity index (χ0) is 22.8. The molecule has 30 heavy (non-hydrogen) atoms. The van der Waals surface area contributed by atoms with Gasteiger partial charge in [-0.05, 0) is 37.5 Å². The van der Waals surface area contributed by atoms with E-state index in [4.69, 9.17) is 51.2 Å². The van der Waals surface area contributed by atoms with Crippen LogP contribution in [0.4, 0.5) is 0 Å². The largest absolute Gasteiger partial charge is 0.465 e. The Morgan fingerprint density at radius 2 is 1.03 bits per heavy atom. The minimum atomic E-state index is -3.31. The van der Waals surface area contributed by atoms with Gasteiger partial charge in [0.15, 0.2) is 11.3 Å². The van der Waals surface area contributed by atoms with Crippen molar-refractivity contribution in [2.45, 2.75) is 52.9 Å². The van der Waals surface area contributed by atoms with E-state index in [0.717, 1.165) is 0 Å². The standard InChI is InChI=1S/C18H32O8P2S2/c1-7-21-15(19)13(27(29)23-9-17(3,4)10-24-27)14(16(20)22-8-2)28(30)25-11-18(5,6)12-26-28/h13-14H,7-12H2,1-6H3. The summed E-state index contributed by atoms with van der Waals surface area (Å²) in [5.41, 5.74) is -3.09. The van der Waals surface area contributed by atoms with Crippen LogP contribution in [0.3, 0.4) is 0 Å². The quantitative estimate of drug-likeness (QED) is 0.380. The predicted octanol–water partition coefficient (Wildman–Crippen LogP) is 3.61. The highest BCUT2D eigenvalue weighted by molar-refractivity contribution is 8.13. The van der Waals surface area contributed by atoms with Gasteiger partial charge in [0.05, 0.1) is 39.6 Å². The molecule has 2 rings (SSSR count). The molecule has 0 aliphatic carbocycles. The Balaban J connectivity index is 2.51. The van der Waals surface area contributed by atoms with E-state index in [-0.39, 0.29) is 50.5 Å². The lowest BCUT2D eigenvalue weighted by Gasteiger charge is -2.44. The van der Waals surface area contributed by atoms with E-state index >= 15 is 0 Å². The molecule has 12 heteroatoms. The third-order valence-electron chi connectivity index (χ3n) is 4.58. The molecule has 2 saturated heterocycles. The monoisotopic (exact) mass is 502 g/mol. The molecular formula is C18H32O8P2S2. The highest BCUT2D eigenvalue weighted by Crippen LogP contribution is 2.68. The summed E-state index contributed by atoms with van der Waals surface area (Å²) in [5, 5.41) is 0. The van der Waals surface area contributed by atoms with E-state index in [2.05, 4.69) is 0 Å². The first-order valence-electron chi connectivity index (χ1n) is 9.90. The van der Waals surface area contributed by atoms with Crippen molar-refractivity contribution >= 4 is 48.5 Å². The molecule has 2 aliphatic rings. The summed E-state index contributed by atoms with van der Waals surface area (Å²) in [6.45, 7) is 5.92. The third kappa shape index (κ3) is 6.10. The molecule has 2 unspecified atom stereocenters. The topological polar surface area (TPSA) is 89.5 Å². The normalized spacial score (nSPS) is 26.2. The molecule has 0 radical (unpaired) electrons. The Bertz CT molecular complexity index is 664. The maximum Gasteiger partial charge on any atom is 0.320 e. The first-order valence-corrected chi connectivity index (χ1v) is 15.3. The van der Waals surface area contributed by atoms with Gasteiger partial charge >= 0.3 is 11.9 Å². The number of hydrogen-bond acceptors (Lipinski definition) is 10. The van der Waals surface area contributed by atoms with Gasteiger partial charge in [-0.25, -0.2) is 0 Å². The maximum atomic E-state index is 13.1. The highest BCUT2D eigenvalue weighted by atomic mass is 32.5. The molecule has 2 atom stereocenters. The van der Waals surface area contributed by atoms with E-state index < -0.39 is 36.2 Å². The Kier molecular flexibility index (Phi) is 8.71. The Morgan fingerprint density at radius 1 is 0.767 bits per heavy atom. The molecule has 174 valence electrons. The van der Waals surface area contributed by atoms with Crippen molar-refractivity contribution in [2.24, 2.45) is 10.8 Å². The maximum absolute atomic E-state index is 13.1. The van der Waals surface area contributed by atoms with Gasteiger partial charge in [0.1, 0.15) is 0 Å². The summed E-state index contributed by atoms with van der Waals surface area (Å²) in [6, 6.07) is 0. The number of esters is 2. The van der Waals surface area contributed by atoms with Crippen LogP contribution in [0.5, 0.6) is 0 Å². The Labute approximate surface area is 189 Å². The predicted molar refractivity (Wildman–Crippen MR) is 121 cm³/mol. The van der Waals surface area contributed by atoms with Crippen LogP contribution in [0, 0.1) is 10.8 Å². The van der Waals surface area contributed by atoms with E-state index in [9.17, 15) is 9.59 Å². The number of hydrogen-bond donors (Lipinski definition) is 0. The minimum Gasteiger partial charge on any atom is -0.465 e. The molecule has 0 aromatic rings. The van der Waals surface area contributed by atoms with Crippen LogP contribution >= 0.6 is 13.0 Å². The zero-order valence-corrected chi connectivity index (χ0v) is 21.8. The van der Waals surface area contributed by atoms with Crippen LogP contribution in [0.15, 0.2) is 0 Å². The van der Waals surface area contributed by atoms with Gasteiger partial charge in [-0.2, -0.15) is 0 Å². The molecule has 8 nitrogen and oxygen atoms in total. The highest BCUT2D eigenvalue weighted by Gasteiger charge is 2.58. The second kappa shape index (κ2) is 9.92. The van der Waals surface area contributed by atoms with Crippen molar-refractivity contribution in [3.8, 4) is 0 Å². The van der Waals surface area contributed by atoms with Gasteiger partial charge < -0.3 is 27.6 Å². The van der Waals surface area contributed by atoms with E-state index in [1.54, 1.807) is 13.8 Å². The second-order valence-corrected chi connectivity index (χ2v) is 16.3. The number of carbonyl (C=O) groups is 2. The Hall–Kier alpha value is 0.0800. The molecule has 2 fully saturated rings. The van der Waals surface area contributed by atoms with E-state index in [0.29, 0.717) is 0 Å². The van der Waals surface area contributed by atoms with E-state index in [1.807, 2.05) is 27.7 Å². The van der Waals surface area contributed by atoms with Crippen LogP contribution in [0.2, 0.25) is 0 Å². The molecule has 0 bridgehead atoms. The number of rotatable bonds is 7. The average Bonchev–Trinajstić information content (AvgIpc) is 2.65. The molecule has 0 N–H and O–H groups in total. The Morgan fingerprint density at radius 3 is 1.27 bits per heavy atom. The lowest BCUT2D eigenvalue weighted by Crippen LogP contribution is -2.46.